The molecule has 0 saturated heterocycles. The molecule has 0 aliphatic rings. The zero-order chi connectivity index (χ0) is 16.2. The molecule has 0 aromatic heterocycles. The molecule has 0 fully saturated rings. The highest BCUT2D eigenvalue weighted by Crippen LogP contribution is 2.28. The van der Waals surface area contributed by atoms with Gasteiger partial charge >= 0.3 is 0 Å². The van der Waals surface area contributed by atoms with E-state index < -0.39 is 10.0 Å². The second-order valence-electron chi connectivity index (χ2n) is 5.52. The summed E-state index contributed by atoms with van der Waals surface area (Å²) in [5.41, 5.74) is 8.64. The van der Waals surface area contributed by atoms with E-state index in [9.17, 15) is 8.42 Å². The minimum atomic E-state index is -3.60. The average molecular weight is 314 g/mol. The first-order valence-electron chi connectivity index (χ1n) is 7.21. The summed E-state index contributed by atoms with van der Waals surface area (Å²) >= 11 is 0. The van der Waals surface area contributed by atoms with Gasteiger partial charge in [-0.2, -0.15) is 0 Å². The molecule has 0 heterocycles. The molecule has 1 aromatic carbocycles. The topological polar surface area (TPSA) is 92.4 Å². The minimum Gasteiger partial charge on any atom is -0.398 e. The lowest BCUT2D eigenvalue weighted by molar-refractivity contribution is 0.254. The quantitative estimate of drug-likeness (QED) is 0.670. The fourth-order valence-corrected chi connectivity index (χ4v) is 4.12. The third-order valence-corrected chi connectivity index (χ3v) is 5.62. The predicted octanol–water partition coefficient (Wildman–Crippen LogP) is 1.88. The number of hydrogen-bond donors (Lipinski definition) is 3. The zero-order valence-electron chi connectivity index (χ0n) is 13.2. The van der Waals surface area contributed by atoms with Gasteiger partial charge in [-0.05, 0) is 49.8 Å². The largest absolute Gasteiger partial charge is 0.398 e. The highest BCUT2D eigenvalue weighted by Gasteiger charge is 2.22. The van der Waals surface area contributed by atoms with E-state index >= 15 is 0 Å². The maximum atomic E-state index is 12.5. The lowest BCUT2D eigenvalue weighted by Crippen LogP contribution is -2.31. The molecule has 5 nitrogen and oxygen atoms in total. The lowest BCUT2D eigenvalue weighted by Gasteiger charge is -2.18. The van der Waals surface area contributed by atoms with Gasteiger partial charge in [-0.25, -0.2) is 13.1 Å². The second kappa shape index (κ2) is 7.24. The Balaban J connectivity index is 3.07. The van der Waals surface area contributed by atoms with Gasteiger partial charge in [0.1, 0.15) is 0 Å². The Morgan fingerprint density at radius 3 is 2.43 bits per heavy atom. The molecule has 0 saturated carbocycles. The Hall–Kier alpha value is -1.11. The van der Waals surface area contributed by atoms with Gasteiger partial charge in [0, 0.05) is 18.8 Å². The van der Waals surface area contributed by atoms with Gasteiger partial charge in [-0.15, -0.1) is 0 Å². The fourth-order valence-electron chi connectivity index (χ4n) is 2.53. The first-order chi connectivity index (χ1) is 9.74. The average Bonchev–Trinajstić information content (AvgIpc) is 2.40. The Bertz CT molecular complexity index is 597. The van der Waals surface area contributed by atoms with E-state index in [2.05, 4.69) is 4.72 Å². The summed E-state index contributed by atoms with van der Waals surface area (Å²) in [7, 11) is -3.60. The summed E-state index contributed by atoms with van der Waals surface area (Å²) in [5, 5.41) is 8.98. The number of sulfonamides is 1. The fraction of sp³-hybridized carbons (Fsp3) is 0.600. The van der Waals surface area contributed by atoms with Crippen LogP contribution in [-0.4, -0.2) is 26.7 Å². The van der Waals surface area contributed by atoms with Gasteiger partial charge in [-0.3, -0.25) is 0 Å². The third-order valence-electron chi connectivity index (χ3n) is 3.91. The zero-order valence-corrected chi connectivity index (χ0v) is 14.0. The Kier molecular flexibility index (Phi) is 6.19. The highest BCUT2D eigenvalue weighted by atomic mass is 32.2. The van der Waals surface area contributed by atoms with E-state index in [-0.39, 0.29) is 17.4 Å². The first-order valence-corrected chi connectivity index (χ1v) is 8.69. The van der Waals surface area contributed by atoms with E-state index in [1.165, 1.54) is 0 Å². The number of rotatable bonds is 7. The van der Waals surface area contributed by atoms with Crippen LogP contribution in [0, 0.1) is 26.7 Å². The van der Waals surface area contributed by atoms with Crippen molar-refractivity contribution in [2.75, 3.05) is 18.9 Å². The van der Waals surface area contributed by atoms with Crippen molar-refractivity contribution in [3.8, 4) is 0 Å². The van der Waals surface area contributed by atoms with Gasteiger partial charge in [-0.1, -0.05) is 19.4 Å². The number of anilines is 1. The van der Waals surface area contributed by atoms with Crippen LogP contribution >= 0.6 is 0 Å². The van der Waals surface area contributed by atoms with Crippen molar-refractivity contribution in [3.63, 3.8) is 0 Å². The molecule has 0 amide bonds. The molecule has 4 N–H and O–H groups in total. The van der Waals surface area contributed by atoms with Crippen molar-refractivity contribution < 1.29 is 13.5 Å². The summed E-state index contributed by atoms with van der Waals surface area (Å²) in [6.45, 7) is 7.75. The summed E-state index contributed by atoms with van der Waals surface area (Å²) in [6.07, 6.45) is 1.41. The van der Waals surface area contributed by atoms with Crippen molar-refractivity contribution in [1.29, 1.82) is 0 Å². The maximum Gasteiger partial charge on any atom is 0.241 e. The number of nitrogens with two attached hydrogens (primary N) is 1. The summed E-state index contributed by atoms with van der Waals surface area (Å²) in [5.74, 6) is 0.133. The van der Waals surface area contributed by atoms with Crippen LogP contribution in [-0.2, 0) is 10.0 Å². The van der Waals surface area contributed by atoms with Crippen molar-refractivity contribution in [2.24, 2.45) is 5.92 Å². The van der Waals surface area contributed by atoms with Crippen LogP contribution in [0.15, 0.2) is 11.0 Å². The molecule has 0 aliphatic carbocycles. The van der Waals surface area contributed by atoms with Gasteiger partial charge < -0.3 is 10.8 Å². The summed E-state index contributed by atoms with van der Waals surface area (Å²) < 4.78 is 27.7. The summed E-state index contributed by atoms with van der Waals surface area (Å²) in [4.78, 5) is 0.268. The predicted molar refractivity (Wildman–Crippen MR) is 85.7 cm³/mol. The molecular weight excluding hydrogens is 288 g/mol. The molecular formula is C15H26N2O3S. The highest BCUT2D eigenvalue weighted by molar-refractivity contribution is 7.89. The number of nitrogens with one attached hydrogen (secondary N) is 1. The number of aliphatic hydroxyl groups is 1. The number of nitrogen functional groups attached to an aromatic ring is 1. The van der Waals surface area contributed by atoms with E-state index in [1.54, 1.807) is 19.9 Å². The number of aliphatic hydroxyl groups excluding tert-OH is 1. The van der Waals surface area contributed by atoms with Crippen LogP contribution in [0.4, 0.5) is 5.69 Å². The van der Waals surface area contributed by atoms with Gasteiger partial charge in [0.25, 0.3) is 0 Å². The van der Waals surface area contributed by atoms with Crippen molar-refractivity contribution >= 4 is 15.7 Å². The molecule has 1 atom stereocenters. The Morgan fingerprint density at radius 2 is 1.90 bits per heavy atom. The van der Waals surface area contributed by atoms with Crippen molar-refractivity contribution in [2.45, 2.75) is 45.4 Å². The van der Waals surface area contributed by atoms with Gasteiger partial charge in [0.15, 0.2) is 0 Å². The minimum absolute atomic E-state index is 0.0652. The molecule has 1 aromatic rings. The van der Waals surface area contributed by atoms with E-state index in [0.717, 1.165) is 12.0 Å². The SMILES string of the molecule is CCC(CCO)CNS(=O)(=O)c1c(C)cc(C)c(N)c1C. The van der Waals surface area contributed by atoms with Crippen LogP contribution in [0.1, 0.15) is 36.5 Å². The second-order valence-corrected chi connectivity index (χ2v) is 7.22. The molecule has 0 spiro atoms. The first kappa shape index (κ1) is 17.9. The Morgan fingerprint density at radius 1 is 1.29 bits per heavy atom. The van der Waals surface area contributed by atoms with Crippen LogP contribution in [0.5, 0.6) is 0 Å². The number of benzene rings is 1. The molecule has 1 unspecified atom stereocenters. The van der Waals surface area contributed by atoms with Gasteiger partial charge in [0.05, 0.1) is 4.90 Å². The van der Waals surface area contributed by atoms with Crippen molar-refractivity contribution in [1.82, 2.24) is 4.72 Å². The summed E-state index contributed by atoms with van der Waals surface area (Å²) in [6, 6.07) is 1.79. The molecule has 0 aliphatic heterocycles. The molecule has 0 radical (unpaired) electrons. The van der Waals surface area contributed by atoms with Crippen LogP contribution in [0.2, 0.25) is 0 Å². The maximum absolute atomic E-state index is 12.5. The number of aryl methyl sites for hydroxylation is 2. The Labute approximate surface area is 127 Å². The van der Waals surface area contributed by atoms with Gasteiger partial charge in [0.2, 0.25) is 10.0 Å². The van der Waals surface area contributed by atoms with E-state index in [1.807, 2.05) is 13.8 Å². The standard InChI is InChI=1S/C15H26N2O3S/c1-5-13(6-7-18)9-17-21(19,20)15-11(3)8-10(2)14(16)12(15)4/h8,13,17-18H,5-7,9,16H2,1-4H3. The van der Waals surface area contributed by atoms with E-state index in [0.29, 0.717) is 29.8 Å². The van der Waals surface area contributed by atoms with Crippen LogP contribution in [0.25, 0.3) is 0 Å². The van der Waals surface area contributed by atoms with Crippen molar-refractivity contribution in [3.05, 3.63) is 22.8 Å². The van der Waals surface area contributed by atoms with Crippen LogP contribution in [0.3, 0.4) is 0 Å². The lowest BCUT2D eigenvalue weighted by atomic mass is 10.0. The molecule has 1 rings (SSSR count). The molecule has 6 heteroatoms. The molecule has 21 heavy (non-hydrogen) atoms. The van der Waals surface area contributed by atoms with E-state index in [4.69, 9.17) is 10.8 Å². The monoisotopic (exact) mass is 314 g/mol. The van der Waals surface area contributed by atoms with Crippen LogP contribution < -0.4 is 10.5 Å². The molecule has 120 valence electrons. The number of hydrogen-bond acceptors (Lipinski definition) is 4. The smallest absolute Gasteiger partial charge is 0.241 e. The normalized spacial score (nSPS) is 13.4. The third kappa shape index (κ3) is 4.18. The molecule has 0 bridgehead atoms.